The van der Waals surface area contributed by atoms with Crippen LogP contribution in [0.25, 0.3) is 10.8 Å². The topological polar surface area (TPSA) is 52.6 Å². The number of rotatable bonds is 2. The van der Waals surface area contributed by atoms with Crippen LogP contribution in [0, 0.1) is 0 Å². The SMILES string of the molecule is c1cc2cc3c(cc2c(OC2CCCNC2)n1)OCO3. The van der Waals surface area contributed by atoms with E-state index < -0.39 is 0 Å². The molecule has 0 spiro atoms. The quantitative estimate of drug-likeness (QED) is 0.907. The predicted octanol–water partition coefficient (Wildman–Crippen LogP) is 2.09. The Morgan fingerprint density at radius 2 is 2.15 bits per heavy atom. The molecule has 1 fully saturated rings. The zero-order valence-corrected chi connectivity index (χ0v) is 11.1. The van der Waals surface area contributed by atoms with E-state index in [-0.39, 0.29) is 12.9 Å². The van der Waals surface area contributed by atoms with Crippen molar-refractivity contribution in [2.75, 3.05) is 19.9 Å². The summed E-state index contributed by atoms with van der Waals surface area (Å²) in [4.78, 5) is 4.38. The van der Waals surface area contributed by atoms with E-state index in [2.05, 4.69) is 10.3 Å². The molecule has 0 radical (unpaired) electrons. The Morgan fingerprint density at radius 3 is 3.00 bits per heavy atom. The first kappa shape index (κ1) is 11.8. The first-order chi connectivity index (χ1) is 9.90. The molecule has 2 aliphatic heterocycles. The number of pyridine rings is 1. The number of piperidine rings is 1. The van der Waals surface area contributed by atoms with Crippen LogP contribution >= 0.6 is 0 Å². The highest BCUT2D eigenvalue weighted by molar-refractivity contribution is 5.90. The maximum atomic E-state index is 6.06. The fourth-order valence-corrected chi connectivity index (χ4v) is 2.71. The molecule has 0 aliphatic carbocycles. The number of nitrogens with zero attached hydrogens (tertiary/aromatic N) is 1. The van der Waals surface area contributed by atoms with Gasteiger partial charge >= 0.3 is 0 Å². The Hall–Kier alpha value is -2.01. The first-order valence-electron chi connectivity index (χ1n) is 6.96. The molecule has 4 rings (SSSR count). The number of ether oxygens (including phenoxy) is 3. The smallest absolute Gasteiger partial charge is 0.231 e. The Kier molecular flexibility index (Phi) is 2.85. The third-order valence-electron chi connectivity index (χ3n) is 3.75. The second-order valence-electron chi connectivity index (χ2n) is 5.13. The minimum atomic E-state index is 0.187. The highest BCUT2D eigenvalue weighted by Gasteiger charge is 2.19. The van der Waals surface area contributed by atoms with Crippen molar-refractivity contribution in [2.45, 2.75) is 18.9 Å². The van der Waals surface area contributed by atoms with Crippen molar-refractivity contribution in [2.24, 2.45) is 0 Å². The van der Waals surface area contributed by atoms with Gasteiger partial charge in [0.2, 0.25) is 12.7 Å². The molecule has 2 aromatic rings. The van der Waals surface area contributed by atoms with E-state index in [0.29, 0.717) is 5.88 Å². The summed E-state index contributed by atoms with van der Waals surface area (Å²) in [6, 6.07) is 5.89. The van der Waals surface area contributed by atoms with Gasteiger partial charge in [-0.1, -0.05) is 0 Å². The second-order valence-corrected chi connectivity index (χ2v) is 5.13. The third kappa shape index (κ3) is 2.04. The number of aromatic nitrogens is 1. The summed E-state index contributed by atoms with van der Waals surface area (Å²) in [7, 11) is 0. The second kappa shape index (κ2) is 4.83. The van der Waals surface area contributed by atoms with E-state index in [1.807, 2.05) is 18.2 Å². The van der Waals surface area contributed by atoms with E-state index in [9.17, 15) is 0 Å². The molecule has 20 heavy (non-hydrogen) atoms. The predicted molar refractivity (Wildman–Crippen MR) is 74.4 cm³/mol. The van der Waals surface area contributed by atoms with E-state index in [4.69, 9.17) is 14.2 Å². The van der Waals surface area contributed by atoms with Gasteiger partial charge in [0.05, 0.1) is 0 Å². The van der Waals surface area contributed by atoms with Gasteiger partial charge in [0.25, 0.3) is 0 Å². The van der Waals surface area contributed by atoms with Gasteiger partial charge in [0, 0.05) is 18.1 Å². The lowest BCUT2D eigenvalue weighted by atomic mass is 10.1. The van der Waals surface area contributed by atoms with E-state index in [1.54, 1.807) is 6.20 Å². The highest BCUT2D eigenvalue weighted by atomic mass is 16.7. The molecule has 0 bridgehead atoms. The molecule has 2 aliphatic rings. The van der Waals surface area contributed by atoms with Gasteiger partial charge in [0.1, 0.15) is 6.10 Å². The third-order valence-corrected chi connectivity index (χ3v) is 3.75. The first-order valence-corrected chi connectivity index (χ1v) is 6.96. The molecular formula is C15H16N2O3. The average molecular weight is 272 g/mol. The van der Waals surface area contributed by atoms with E-state index >= 15 is 0 Å². The van der Waals surface area contributed by atoms with Crippen LogP contribution in [0.3, 0.4) is 0 Å². The van der Waals surface area contributed by atoms with Crippen LogP contribution in [0.4, 0.5) is 0 Å². The minimum Gasteiger partial charge on any atom is -0.473 e. The van der Waals surface area contributed by atoms with Crippen LogP contribution in [0.5, 0.6) is 17.4 Å². The van der Waals surface area contributed by atoms with E-state index in [0.717, 1.165) is 48.2 Å². The summed E-state index contributed by atoms with van der Waals surface area (Å²) < 4.78 is 16.9. The molecule has 1 N–H and O–H groups in total. The maximum absolute atomic E-state index is 6.06. The van der Waals surface area contributed by atoms with Gasteiger partial charge in [-0.15, -0.1) is 0 Å². The Morgan fingerprint density at radius 1 is 1.25 bits per heavy atom. The maximum Gasteiger partial charge on any atom is 0.231 e. The monoisotopic (exact) mass is 272 g/mol. The van der Waals surface area contributed by atoms with Gasteiger partial charge in [0.15, 0.2) is 11.5 Å². The lowest BCUT2D eigenvalue weighted by molar-refractivity contribution is 0.163. The fourth-order valence-electron chi connectivity index (χ4n) is 2.71. The van der Waals surface area contributed by atoms with Gasteiger partial charge in [-0.2, -0.15) is 0 Å². The minimum absolute atomic E-state index is 0.187. The van der Waals surface area contributed by atoms with Crippen molar-refractivity contribution in [3.05, 3.63) is 24.4 Å². The van der Waals surface area contributed by atoms with Gasteiger partial charge < -0.3 is 19.5 Å². The fraction of sp³-hybridized carbons (Fsp3) is 0.400. The lowest BCUT2D eigenvalue weighted by Gasteiger charge is -2.23. The van der Waals surface area contributed by atoms with Crippen molar-refractivity contribution in [3.63, 3.8) is 0 Å². The zero-order valence-electron chi connectivity index (χ0n) is 11.1. The molecule has 0 amide bonds. The molecule has 1 atom stereocenters. The Bertz CT molecular complexity index is 638. The summed E-state index contributed by atoms with van der Waals surface area (Å²) in [5.41, 5.74) is 0. The van der Waals surface area contributed by atoms with Crippen LogP contribution in [-0.2, 0) is 0 Å². The highest BCUT2D eigenvalue weighted by Crippen LogP contribution is 2.38. The van der Waals surface area contributed by atoms with Crippen LogP contribution < -0.4 is 19.5 Å². The van der Waals surface area contributed by atoms with Gasteiger partial charge in [-0.05, 0) is 43.0 Å². The summed E-state index contributed by atoms with van der Waals surface area (Å²) in [5.74, 6) is 2.22. The molecule has 104 valence electrons. The standard InChI is InChI=1S/C15H16N2O3/c1-2-11(8-16-4-1)20-15-12-7-14-13(18-9-19-14)6-10(12)3-5-17-15/h3,5-7,11,16H,1-2,4,8-9H2. The lowest BCUT2D eigenvalue weighted by Crippen LogP contribution is -2.37. The Balaban J connectivity index is 1.71. The largest absolute Gasteiger partial charge is 0.473 e. The van der Waals surface area contributed by atoms with Crippen molar-refractivity contribution in [1.29, 1.82) is 0 Å². The van der Waals surface area contributed by atoms with Crippen molar-refractivity contribution in [3.8, 4) is 17.4 Å². The molecule has 1 aromatic carbocycles. The Labute approximate surface area is 116 Å². The van der Waals surface area contributed by atoms with Crippen LogP contribution in [0.15, 0.2) is 24.4 Å². The summed E-state index contributed by atoms with van der Waals surface area (Å²) in [5, 5.41) is 5.38. The number of benzene rings is 1. The van der Waals surface area contributed by atoms with Crippen molar-refractivity contribution < 1.29 is 14.2 Å². The summed E-state index contributed by atoms with van der Waals surface area (Å²) in [6.45, 7) is 2.23. The molecule has 1 saturated heterocycles. The molecule has 3 heterocycles. The molecule has 1 unspecified atom stereocenters. The average Bonchev–Trinajstić information content (AvgIpc) is 2.94. The van der Waals surface area contributed by atoms with E-state index in [1.165, 1.54) is 0 Å². The number of nitrogens with one attached hydrogen (secondary N) is 1. The van der Waals surface area contributed by atoms with Crippen molar-refractivity contribution in [1.82, 2.24) is 10.3 Å². The number of fused-ring (bicyclic) bond motifs is 2. The molecule has 5 nitrogen and oxygen atoms in total. The number of hydrogen-bond acceptors (Lipinski definition) is 5. The number of hydrogen-bond donors (Lipinski definition) is 1. The van der Waals surface area contributed by atoms with Crippen molar-refractivity contribution >= 4 is 10.8 Å². The van der Waals surface area contributed by atoms with Crippen LogP contribution in [0.1, 0.15) is 12.8 Å². The summed E-state index contributed by atoms with van der Waals surface area (Å²) in [6.07, 6.45) is 4.17. The van der Waals surface area contributed by atoms with Crippen LogP contribution in [-0.4, -0.2) is 31.0 Å². The molecule has 0 saturated carbocycles. The summed E-state index contributed by atoms with van der Waals surface area (Å²) >= 11 is 0. The molecule has 5 heteroatoms. The van der Waals surface area contributed by atoms with Gasteiger partial charge in [-0.25, -0.2) is 4.98 Å². The molecule has 1 aromatic heterocycles. The van der Waals surface area contributed by atoms with Crippen LogP contribution in [0.2, 0.25) is 0 Å². The normalized spacial score (nSPS) is 21.1. The van der Waals surface area contributed by atoms with Gasteiger partial charge in [-0.3, -0.25) is 0 Å². The molecular weight excluding hydrogens is 256 g/mol. The zero-order chi connectivity index (χ0) is 13.4.